The highest BCUT2D eigenvalue weighted by Gasteiger charge is 2.25. The van der Waals surface area contributed by atoms with Gasteiger partial charge >= 0.3 is 11.9 Å². The van der Waals surface area contributed by atoms with E-state index in [2.05, 4.69) is 5.32 Å². The first-order valence-electron chi connectivity index (χ1n) is 8.30. The number of sulfone groups is 1. The van der Waals surface area contributed by atoms with Crippen molar-refractivity contribution >= 4 is 31.8 Å². The molecule has 1 aromatic rings. The van der Waals surface area contributed by atoms with Crippen LogP contribution < -0.4 is 10.0 Å². The Morgan fingerprint density at radius 1 is 1.18 bits per heavy atom. The first kappa shape index (κ1) is 24.0. The summed E-state index contributed by atoms with van der Waals surface area (Å²) in [4.78, 5) is 20.9. The standard InChI is InChI=1S/C12H17NO6S2.C4H7NO2/c1-20(16,17)8-7-11(12(14)15)13-21(18,19)9-10-5-3-2-4-6-10;6-4(7)3-1-2-5-3/h2-6,11,13H,7-9H2,1H3,(H,14,15);3,5H,1-2H2,(H,6,7)/t11-;/m0./s1. The van der Waals surface area contributed by atoms with Crippen molar-refractivity contribution in [2.75, 3.05) is 18.6 Å². The minimum Gasteiger partial charge on any atom is -0.480 e. The predicted molar refractivity (Wildman–Crippen MR) is 102 cm³/mol. The van der Waals surface area contributed by atoms with Crippen molar-refractivity contribution in [1.82, 2.24) is 10.0 Å². The lowest BCUT2D eigenvalue weighted by Gasteiger charge is -2.22. The average molecular weight is 437 g/mol. The number of carboxylic acid groups (broad SMARTS) is 2. The molecule has 10 nitrogen and oxygen atoms in total. The number of carboxylic acids is 2. The van der Waals surface area contributed by atoms with Gasteiger partial charge in [-0.15, -0.1) is 0 Å². The van der Waals surface area contributed by atoms with Crippen molar-refractivity contribution in [2.24, 2.45) is 0 Å². The van der Waals surface area contributed by atoms with E-state index < -0.39 is 43.6 Å². The fraction of sp³-hybridized carbons (Fsp3) is 0.500. The largest absolute Gasteiger partial charge is 0.480 e. The second kappa shape index (κ2) is 10.5. The summed E-state index contributed by atoms with van der Waals surface area (Å²) >= 11 is 0. The van der Waals surface area contributed by atoms with Gasteiger partial charge in [-0.05, 0) is 24.9 Å². The quantitative estimate of drug-likeness (QED) is 0.396. The third-order valence-electron chi connectivity index (χ3n) is 3.72. The maximum atomic E-state index is 11.9. The maximum absolute atomic E-state index is 11.9. The topological polar surface area (TPSA) is 167 Å². The average Bonchev–Trinajstić information content (AvgIpc) is 2.49. The summed E-state index contributed by atoms with van der Waals surface area (Å²) in [6.45, 7) is 0.858. The first-order valence-corrected chi connectivity index (χ1v) is 12.0. The normalized spacial score (nSPS) is 17.5. The molecular weight excluding hydrogens is 412 g/mol. The van der Waals surface area contributed by atoms with E-state index in [-0.39, 0.29) is 18.2 Å². The van der Waals surface area contributed by atoms with Gasteiger partial charge in [0.05, 0.1) is 11.5 Å². The number of hydrogen-bond donors (Lipinski definition) is 4. The summed E-state index contributed by atoms with van der Waals surface area (Å²) in [5.41, 5.74) is 0.511. The van der Waals surface area contributed by atoms with E-state index in [1.807, 2.05) is 4.72 Å². The highest BCUT2D eigenvalue weighted by atomic mass is 32.2. The number of sulfonamides is 1. The van der Waals surface area contributed by atoms with Crippen LogP contribution in [0.5, 0.6) is 0 Å². The van der Waals surface area contributed by atoms with Crippen LogP contribution in [0.2, 0.25) is 0 Å². The Labute approximate surface area is 163 Å². The molecule has 0 saturated carbocycles. The van der Waals surface area contributed by atoms with Crippen LogP contribution in [0, 0.1) is 0 Å². The third kappa shape index (κ3) is 9.78. The van der Waals surface area contributed by atoms with Gasteiger partial charge in [-0.3, -0.25) is 9.59 Å². The van der Waals surface area contributed by atoms with Crippen LogP contribution in [0.3, 0.4) is 0 Å². The number of carbonyl (C=O) groups is 2. The lowest BCUT2D eigenvalue weighted by molar-refractivity contribution is -0.141. The highest BCUT2D eigenvalue weighted by molar-refractivity contribution is 7.90. The predicted octanol–water partition coefficient (Wildman–Crippen LogP) is -0.573. The number of rotatable bonds is 9. The van der Waals surface area contributed by atoms with Crippen LogP contribution in [-0.4, -0.2) is 69.6 Å². The molecule has 2 atom stereocenters. The smallest absolute Gasteiger partial charge is 0.321 e. The second-order valence-electron chi connectivity index (χ2n) is 6.31. The zero-order valence-electron chi connectivity index (χ0n) is 15.2. The van der Waals surface area contributed by atoms with Gasteiger partial charge in [-0.1, -0.05) is 30.3 Å². The molecule has 1 fully saturated rings. The van der Waals surface area contributed by atoms with Gasteiger partial charge in [0.1, 0.15) is 21.9 Å². The van der Waals surface area contributed by atoms with E-state index in [1.54, 1.807) is 30.3 Å². The first-order chi connectivity index (χ1) is 12.9. The zero-order chi connectivity index (χ0) is 21.4. The van der Waals surface area contributed by atoms with Crippen LogP contribution in [0.1, 0.15) is 18.4 Å². The van der Waals surface area contributed by atoms with Crippen molar-refractivity contribution in [3.63, 3.8) is 0 Å². The van der Waals surface area contributed by atoms with Gasteiger partial charge in [-0.25, -0.2) is 21.6 Å². The fourth-order valence-electron chi connectivity index (χ4n) is 2.12. The maximum Gasteiger partial charge on any atom is 0.321 e. The molecule has 1 aromatic carbocycles. The molecule has 0 amide bonds. The number of nitrogens with one attached hydrogen (secondary N) is 2. The summed E-state index contributed by atoms with van der Waals surface area (Å²) in [6, 6.07) is 6.56. The van der Waals surface area contributed by atoms with E-state index in [1.165, 1.54) is 0 Å². The van der Waals surface area contributed by atoms with Crippen molar-refractivity contribution in [3.8, 4) is 0 Å². The molecule has 0 bridgehead atoms. The highest BCUT2D eigenvalue weighted by Crippen LogP contribution is 2.07. The van der Waals surface area contributed by atoms with E-state index in [0.717, 1.165) is 19.2 Å². The molecule has 158 valence electrons. The summed E-state index contributed by atoms with van der Waals surface area (Å²) in [7, 11) is -7.24. The summed E-state index contributed by atoms with van der Waals surface area (Å²) in [5, 5.41) is 19.9. The van der Waals surface area contributed by atoms with Gasteiger partial charge in [0, 0.05) is 6.26 Å². The fourth-order valence-corrected chi connectivity index (χ4v) is 4.15. The zero-order valence-corrected chi connectivity index (χ0v) is 16.9. The minimum atomic E-state index is -3.87. The summed E-state index contributed by atoms with van der Waals surface area (Å²) in [6.07, 6.45) is 1.43. The second-order valence-corrected chi connectivity index (χ2v) is 10.3. The van der Waals surface area contributed by atoms with E-state index >= 15 is 0 Å². The van der Waals surface area contributed by atoms with Crippen LogP contribution in [0.4, 0.5) is 0 Å². The van der Waals surface area contributed by atoms with Gasteiger partial charge in [0.2, 0.25) is 10.0 Å². The lowest BCUT2D eigenvalue weighted by Crippen LogP contribution is -2.48. The molecule has 1 aliphatic heterocycles. The van der Waals surface area contributed by atoms with E-state index in [0.29, 0.717) is 5.56 Å². The molecular formula is C16H24N2O8S2. The Bertz CT molecular complexity index is 865. The number of benzene rings is 1. The molecule has 1 unspecified atom stereocenters. The van der Waals surface area contributed by atoms with Crippen LogP contribution in [0.15, 0.2) is 30.3 Å². The molecule has 1 saturated heterocycles. The third-order valence-corrected chi connectivity index (χ3v) is 6.05. The Balaban J connectivity index is 0.000000467. The molecule has 4 N–H and O–H groups in total. The monoisotopic (exact) mass is 436 g/mol. The molecule has 0 radical (unpaired) electrons. The molecule has 1 aliphatic rings. The molecule has 2 rings (SSSR count). The molecule has 0 spiro atoms. The van der Waals surface area contributed by atoms with Crippen LogP contribution in [-0.2, 0) is 35.2 Å². The SMILES string of the molecule is CS(=O)(=O)CC[C@H](NS(=O)(=O)Cc1ccccc1)C(=O)O.O=C(O)C1CCN1. The van der Waals surface area contributed by atoms with Crippen molar-refractivity contribution < 1.29 is 36.6 Å². The van der Waals surface area contributed by atoms with Gasteiger partial charge in [0.15, 0.2) is 0 Å². The van der Waals surface area contributed by atoms with Crippen LogP contribution in [0.25, 0.3) is 0 Å². The summed E-state index contributed by atoms with van der Waals surface area (Å²) in [5.74, 6) is -2.91. The molecule has 12 heteroatoms. The van der Waals surface area contributed by atoms with E-state index in [9.17, 15) is 26.4 Å². The van der Waals surface area contributed by atoms with Crippen molar-refractivity contribution in [3.05, 3.63) is 35.9 Å². The molecule has 1 heterocycles. The number of hydrogen-bond acceptors (Lipinski definition) is 7. The van der Waals surface area contributed by atoms with Gasteiger partial charge in [0.25, 0.3) is 0 Å². The lowest BCUT2D eigenvalue weighted by atomic mass is 10.1. The molecule has 28 heavy (non-hydrogen) atoms. The van der Waals surface area contributed by atoms with Gasteiger partial charge < -0.3 is 15.5 Å². The summed E-state index contributed by atoms with van der Waals surface area (Å²) < 4.78 is 47.9. The molecule has 0 aliphatic carbocycles. The Hall–Kier alpha value is -2.02. The Morgan fingerprint density at radius 2 is 1.75 bits per heavy atom. The van der Waals surface area contributed by atoms with Gasteiger partial charge in [-0.2, -0.15) is 0 Å². The Morgan fingerprint density at radius 3 is 2.11 bits per heavy atom. The number of aliphatic carboxylic acids is 2. The van der Waals surface area contributed by atoms with Crippen LogP contribution >= 0.6 is 0 Å². The Kier molecular flexibility index (Phi) is 9.01. The molecule has 0 aromatic heterocycles. The van der Waals surface area contributed by atoms with E-state index in [4.69, 9.17) is 10.2 Å². The van der Waals surface area contributed by atoms with Crippen molar-refractivity contribution in [2.45, 2.75) is 30.7 Å². The van der Waals surface area contributed by atoms with Crippen molar-refractivity contribution in [1.29, 1.82) is 0 Å². The minimum absolute atomic E-state index is 0.250.